The van der Waals surface area contributed by atoms with E-state index in [1.54, 1.807) is 11.6 Å². The first-order valence-corrected chi connectivity index (χ1v) is 7.78. The smallest absolute Gasteiger partial charge is 0.151 e. The lowest BCUT2D eigenvalue weighted by Gasteiger charge is -2.20. The molecular formula is C10H18ClN3O2S. The van der Waals surface area contributed by atoms with E-state index >= 15 is 0 Å². The Hall–Kier alpha value is -0.590. The zero-order valence-corrected chi connectivity index (χ0v) is 11.8. The summed E-state index contributed by atoms with van der Waals surface area (Å²) in [7, 11) is -3.20. The van der Waals surface area contributed by atoms with E-state index in [-0.39, 0.29) is 0 Å². The summed E-state index contributed by atoms with van der Waals surface area (Å²) in [5.41, 5.74) is 6.57. The number of nitrogens with two attached hydrogens (primary N) is 1. The molecule has 0 saturated heterocycles. The summed E-state index contributed by atoms with van der Waals surface area (Å²) in [6, 6.07) is -0.661. The van der Waals surface area contributed by atoms with Gasteiger partial charge in [-0.3, -0.25) is 4.68 Å². The largest absolute Gasteiger partial charge is 0.322 e. The number of hydrogen-bond acceptors (Lipinski definition) is 4. The normalized spacial score (nSPS) is 15.8. The van der Waals surface area contributed by atoms with E-state index in [0.29, 0.717) is 17.3 Å². The van der Waals surface area contributed by atoms with Crippen molar-refractivity contribution in [3.8, 4) is 0 Å². The first kappa shape index (κ1) is 14.5. The maximum atomic E-state index is 11.5. The fourth-order valence-electron chi connectivity index (χ4n) is 1.58. The van der Waals surface area contributed by atoms with Crippen LogP contribution in [0.2, 0.25) is 5.02 Å². The van der Waals surface area contributed by atoms with Gasteiger partial charge < -0.3 is 5.73 Å². The molecule has 0 radical (unpaired) electrons. The van der Waals surface area contributed by atoms with Crippen LogP contribution >= 0.6 is 11.6 Å². The van der Waals surface area contributed by atoms with Crippen molar-refractivity contribution in [3.05, 3.63) is 16.9 Å². The molecule has 0 amide bonds. The first-order chi connectivity index (χ1) is 7.79. The van der Waals surface area contributed by atoms with Gasteiger partial charge in [-0.25, -0.2) is 8.42 Å². The predicted molar refractivity (Wildman–Crippen MR) is 68.8 cm³/mol. The van der Waals surface area contributed by atoms with Crippen LogP contribution in [0.25, 0.3) is 0 Å². The average molecular weight is 280 g/mol. The molecule has 17 heavy (non-hydrogen) atoms. The van der Waals surface area contributed by atoms with Crippen molar-refractivity contribution in [2.75, 3.05) is 6.26 Å². The minimum Gasteiger partial charge on any atom is -0.322 e. The summed E-state index contributed by atoms with van der Waals surface area (Å²) in [4.78, 5) is 0. The monoisotopic (exact) mass is 279 g/mol. The number of nitrogens with zero attached hydrogens (tertiary/aromatic N) is 2. The summed E-state index contributed by atoms with van der Waals surface area (Å²) in [6.07, 6.45) is 3.55. The molecule has 2 atom stereocenters. The van der Waals surface area contributed by atoms with E-state index in [1.807, 2.05) is 6.92 Å². The predicted octanol–water partition coefficient (Wildman–Crippen LogP) is 1.38. The van der Waals surface area contributed by atoms with Gasteiger partial charge in [0.2, 0.25) is 0 Å². The van der Waals surface area contributed by atoms with E-state index < -0.39 is 21.1 Å². The molecular weight excluding hydrogens is 262 g/mol. The molecule has 0 aliphatic rings. The van der Waals surface area contributed by atoms with Crippen LogP contribution in [0.1, 0.15) is 32.0 Å². The van der Waals surface area contributed by atoms with Gasteiger partial charge in [-0.15, -0.1) is 0 Å². The fraction of sp³-hybridized carbons (Fsp3) is 0.700. The summed E-state index contributed by atoms with van der Waals surface area (Å²) in [6.45, 7) is 4.26. The minimum atomic E-state index is -3.20. The molecule has 1 heterocycles. The SMILES string of the molecule is CCCn1ncc(Cl)c1C(N)C(C)S(C)(=O)=O. The van der Waals surface area contributed by atoms with E-state index in [4.69, 9.17) is 17.3 Å². The molecule has 2 unspecified atom stereocenters. The van der Waals surface area contributed by atoms with Crippen molar-refractivity contribution in [1.82, 2.24) is 9.78 Å². The molecule has 0 bridgehead atoms. The maximum Gasteiger partial charge on any atom is 0.151 e. The van der Waals surface area contributed by atoms with E-state index in [1.165, 1.54) is 12.5 Å². The summed E-state index contributed by atoms with van der Waals surface area (Å²) in [5, 5.41) is 3.83. The Kier molecular flexibility index (Phi) is 4.57. The lowest BCUT2D eigenvalue weighted by atomic mass is 10.1. The Morgan fingerprint density at radius 2 is 2.18 bits per heavy atom. The van der Waals surface area contributed by atoms with Crippen molar-refractivity contribution in [3.63, 3.8) is 0 Å². The number of halogens is 1. The van der Waals surface area contributed by atoms with Gasteiger partial charge in [0.1, 0.15) is 0 Å². The van der Waals surface area contributed by atoms with E-state index in [2.05, 4.69) is 5.10 Å². The van der Waals surface area contributed by atoms with Gasteiger partial charge in [-0.1, -0.05) is 18.5 Å². The van der Waals surface area contributed by atoms with Crippen molar-refractivity contribution in [2.45, 2.75) is 38.1 Å². The third-order valence-corrected chi connectivity index (χ3v) is 4.70. The molecule has 0 spiro atoms. The summed E-state index contributed by atoms with van der Waals surface area (Å²) < 4.78 is 24.7. The molecule has 1 aromatic rings. The Morgan fingerprint density at radius 3 is 2.65 bits per heavy atom. The molecule has 5 nitrogen and oxygen atoms in total. The van der Waals surface area contributed by atoms with Crippen LogP contribution in [0.4, 0.5) is 0 Å². The second kappa shape index (κ2) is 5.37. The van der Waals surface area contributed by atoms with Gasteiger partial charge in [0, 0.05) is 12.8 Å². The lowest BCUT2D eigenvalue weighted by molar-refractivity contribution is 0.520. The Morgan fingerprint density at radius 1 is 1.59 bits per heavy atom. The summed E-state index contributed by atoms with van der Waals surface area (Å²) in [5.74, 6) is 0. The molecule has 1 rings (SSSR count). The van der Waals surface area contributed by atoms with Crippen LogP contribution in [0.3, 0.4) is 0 Å². The highest BCUT2D eigenvalue weighted by molar-refractivity contribution is 7.91. The quantitative estimate of drug-likeness (QED) is 0.883. The Labute approximate surface area is 107 Å². The third-order valence-electron chi connectivity index (χ3n) is 2.77. The molecule has 0 aliphatic heterocycles. The number of aryl methyl sites for hydroxylation is 1. The Balaban J connectivity index is 3.11. The summed E-state index contributed by atoms with van der Waals surface area (Å²) >= 11 is 6.01. The molecule has 7 heteroatoms. The molecule has 0 aromatic carbocycles. The van der Waals surface area contributed by atoms with E-state index in [0.717, 1.165) is 6.42 Å². The standard InChI is InChI=1S/C10H18ClN3O2S/c1-4-5-14-10(8(11)6-13-14)9(12)7(2)17(3,15)16/h6-7,9H,4-5,12H2,1-3H3. The molecule has 0 fully saturated rings. The fourth-order valence-corrected chi connectivity index (χ4v) is 2.51. The topological polar surface area (TPSA) is 78.0 Å². The molecule has 2 N–H and O–H groups in total. The molecule has 0 aliphatic carbocycles. The van der Waals surface area contributed by atoms with E-state index in [9.17, 15) is 8.42 Å². The lowest BCUT2D eigenvalue weighted by Crippen LogP contribution is -2.32. The van der Waals surface area contributed by atoms with Gasteiger partial charge >= 0.3 is 0 Å². The van der Waals surface area contributed by atoms with Gasteiger partial charge in [0.05, 0.1) is 28.2 Å². The molecule has 98 valence electrons. The Bertz CT molecular complexity index is 484. The maximum absolute atomic E-state index is 11.5. The molecule has 1 aromatic heterocycles. The van der Waals surface area contributed by atoms with Crippen LogP contribution in [-0.4, -0.2) is 29.7 Å². The average Bonchev–Trinajstić information content (AvgIpc) is 2.57. The minimum absolute atomic E-state index is 0.418. The highest BCUT2D eigenvalue weighted by Crippen LogP contribution is 2.26. The number of hydrogen-bond donors (Lipinski definition) is 1. The zero-order valence-electron chi connectivity index (χ0n) is 10.2. The van der Waals surface area contributed by atoms with Gasteiger partial charge in [0.15, 0.2) is 9.84 Å². The molecule has 0 saturated carbocycles. The second-order valence-electron chi connectivity index (χ2n) is 4.16. The number of sulfone groups is 1. The van der Waals surface area contributed by atoms with Gasteiger partial charge in [-0.05, 0) is 13.3 Å². The third kappa shape index (κ3) is 3.20. The van der Waals surface area contributed by atoms with Gasteiger partial charge in [-0.2, -0.15) is 5.10 Å². The first-order valence-electron chi connectivity index (χ1n) is 5.44. The van der Waals surface area contributed by atoms with Crippen LogP contribution in [0.5, 0.6) is 0 Å². The van der Waals surface area contributed by atoms with Crippen molar-refractivity contribution < 1.29 is 8.42 Å². The second-order valence-corrected chi connectivity index (χ2v) is 6.97. The van der Waals surface area contributed by atoms with Crippen molar-refractivity contribution in [1.29, 1.82) is 0 Å². The highest BCUT2D eigenvalue weighted by Gasteiger charge is 2.28. The van der Waals surface area contributed by atoms with Crippen LogP contribution in [-0.2, 0) is 16.4 Å². The van der Waals surface area contributed by atoms with Crippen molar-refractivity contribution in [2.24, 2.45) is 5.73 Å². The van der Waals surface area contributed by atoms with Crippen molar-refractivity contribution >= 4 is 21.4 Å². The number of rotatable bonds is 5. The van der Waals surface area contributed by atoms with Crippen LogP contribution in [0.15, 0.2) is 6.20 Å². The highest BCUT2D eigenvalue weighted by atomic mass is 35.5. The van der Waals surface area contributed by atoms with Gasteiger partial charge in [0.25, 0.3) is 0 Å². The van der Waals surface area contributed by atoms with Crippen LogP contribution in [0, 0.1) is 0 Å². The zero-order chi connectivity index (χ0) is 13.2. The number of aromatic nitrogens is 2. The van der Waals surface area contributed by atoms with Crippen LogP contribution < -0.4 is 5.73 Å².